The van der Waals surface area contributed by atoms with Crippen molar-refractivity contribution in [2.75, 3.05) is 30.9 Å². The molecule has 2 N–H and O–H groups in total. The maximum atomic E-state index is 13.8. The summed E-state index contributed by atoms with van der Waals surface area (Å²) in [6.07, 6.45) is 2.47. The molecule has 0 atom stereocenters. The molecule has 1 fully saturated rings. The lowest BCUT2D eigenvalue weighted by molar-refractivity contribution is -0.140. The molecule has 2 aromatic carbocycles. The topological polar surface area (TPSA) is 164 Å². The number of amides is 1. The predicted octanol–water partition coefficient (Wildman–Crippen LogP) is 2.58. The first-order valence-electron chi connectivity index (χ1n) is 13.8. The van der Waals surface area contributed by atoms with Gasteiger partial charge in [-0.05, 0) is 35.9 Å². The lowest BCUT2D eigenvalue weighted by atomic mass is 10.1. The third-order valence-corrected chi connectivity index (χ3v) is 12.3. The van der Waals surface area contributed by atoms with Gasteiger partial charge in [-0.3, -0.25) is 32.8 Å². The van der Waals surface area contributed by atoms with Crippen molar-refractivity contribution in [3.05, 3.63) is 67.1 Å². The fourth-order valence-electron chi connectivity index (χ4n) is 5.02. The molecule has 12 nitrogen and oxygen atoms in total. The summed E-state index contributed by atoms with van der Waals surface area (Å²) in [5, 5.41) is 21.6. The van der Waals surface area contributed by atoms with E-state index in [2.05, 4.69) is 4.18 Å². The number of thiazole rings is 1. The summed E-state index contributed by atoms with van der Waals surface area (Å²) in [5.41, 5.74) is 0.879. The standard InChI is InChI=1S/C29H27N3O9S5/c1-3-16(24-26(37)31(14-21(33)34)28(44-24)25-27(38)32(15-22(35)36)29(42)45-25)13-20-30(11-6-12-46(39,40)41-2)23-18-8-5-4-7-17(18)9-10-19(23)43-20/h4-5,7-10,13H,3,6,11-12,14-15H2,1-2H3,(H,33,34)(H,35,36)/b20-13-,24-16+,28-25-. The summed E-state index contributed by atoms with van der Waals surface area (Å²) in [6.45, 7) is 0.796. The van der Waals surface area contributed by atoms with Gasteiger partial charge in [0.1, 0.15) is 27.0 Å². The summed E-state index contributed by atoms with van der Waals surface area (Å²) in [4.78, 5) is 53.9. The molecule has 3 heterocycles. The van der Waals surface area contributed by atoms with Crippen LogP contribution in [0.25, 0.3) is 21.3 Å². The summed E-state index contributed by atoms with van der Waals surface area (Å²) in [6, 6.07) is 11.8. The first-order valence-corrected chi connectivity index (χ1v) is 18.2. The van der Waals surface area contributed by atoms with E-state index in [4.69, 9.17) is 12.2 Å². The number of allylic oxidation sites excluding steroid dienone is 1. The molecule has 1 saturated heterocycles. The van der Waals surface area contributed by atoms with Crippen LogP contribution in [0, 0.1) is 0 Å². The second-order valence-electron chi connectivity index (χ2n) is 10.0. The Kier molecular flexibility index (Phi) is 10.1. The Bertz CT molecular complexity index is 2120. The third kappa shape index (κ3) is 6.79. The quantitative estimate of drug-likeness (QED) is 0.220. The normalized spacial score (nSPS) is 17.7. The first-order chi connectivity index (χ1) is 21.8. The van der Waals surface area contributed by atoms with E-state index >= 15 is 0 Å². The van der Waals surface area contributed by atoms with Crippen LogP contribution in [0.1, 0.15) is 19.8 Å². The lowest BCUT2D eigenvalue weighted by Crippen LogP contribution is -2.37. The van der Waals surface area contributed by atoms with E-state index in [1.165, 1.54) is 11.8 Å². The van der Waals surface area contributed by atoms with Crippen molar-refractivity contribution < 1.29 is 37.2 Å². The molecule has 242 valence electrons. The van der Waals surface area contributed by atoms with E-state index in [0.717, 1.165) is 66.1 Å². The van der Waals surface area contributed by atoms with Crippen LogP contribution in [0.3, 0.4) is 0 Å². The number of hydrogen-bond donors (Lipinski definition) is 2. The van der Waals surface area contributed by atoms with E-state index in [0.29, 0.717) is 18.5 Å². The fourth-order valence-corrected chi connectivity index (χ4v) is 9.48. The maximum absolute atomic E-state index is 13.8. The van der Waals surface area contributed by atoms with E-state index in [9.17, 15) is 37.8 Å². The highest BCUT2D eigenvalue weighted by Gasteiger charge is 2.36. The maximum Gasteiger partial charge on any atom is 0.323 e. The van der Waals surface area contributed by atoms with E-state index in [-0.39, 0.29) is 30.6 Å². The molecule has 1 amide bonds. The van der Waals surface area contributed by atoms with Crippen molar-refractivity contribution in [3.63, 3.8) is 0 Å². The van der Waals surface area contributed by atoms with E-state index < -0.39 is 46.6 Å². The van der Waals surface area contributed by atoms with Gasteiger partial charge >= 0.3 is 11.9 Å². The molecule has 0 saturated carbocycles. The molecular weight excluding hydrogens is 695 g/mol. The number of nitrogens with zero attached hydrogens (tertiary/aromatic N) is 3. The number of rotatable bonds is 11. The number of carboxylic acids is 2. The minimum atomic E-state index is -3.69. The van der Waals surface area contributed by atoms with Crippen molar-refractivity contribution in [1.82, 2.24) is 9.47 Å². The number of anilines is 1. The Morgan fingerprint density at radius 3 is 2.41 bits per heavy atom. The van der Waals surface area contributed by atoms with Gasteiger partial charge in [0, 0.05) is 16.8 Å². The average molecular weight is 722 g/mol. The predicted molar refractivity (Wildman–Crippen MR) is 183 cm³/mol. The Morgan fingerprint density at radius 2 is 1.74 bits per heavy atom. The fraction of sp³-hybridized carbons (Fsp3) is 0.276. The minimum Gasteiger partial charge on any atom is -0.480 e. The average Bonchev–Trinajstić information content (AvgIpc) is 3.62. The largest absolute Gasteiger partial charge is 0.480 e. The van der Waals surface area contributed by atoms with E-state index in [1.54, 1.807) is 0 Å². The molecule has 3 aromatic rings. The number of carboxylic acid groups (broad SMARTS) is 2. The molecule has 2 aliphatic heterocycles. The highest BCUT2D eigenvalue weighted by atomic mass is 32.2. The number of aliphatic carboxylic acids is 2. The number of hydrogen-bond acceptors (Lipinski definition) is 12. The second kappa shape index (κ2) is 13.7. The zero-order chi connectivity index (χ0) is 33.3. The van der Waals surface area contributed by atoms with Crippen LogP contribution < -0.4 is 19.7 Å². The number of fused-ring (bicyclic) bond motifs is 3. The summed E-state index contributed by atoms with van der Waals surface area (Å²) in [5.74, 6) is -3.47. The van der Waals surface area contributed by atoms with Gasteiger partial charge in [-0.1, -0.05) is 73.0 Å². The SMILES string of the molecule is CCC(/C=C1\Sc2ccc3ccccc3c2N1CCCS(=O)(=O)OC)=c1\s/c(=C2\SC(=S)N(CC(=O)O)C2=O)n(CC(=O)O)c1=O. The van der Waals surface area contributed by atoms with Gasteiger partial charge in [-0.2, -0.15) is 8.42 Å². The van der Waals surface area contributed by atoms with Crippen molar-refractivity contribution in [1.29, 1.82) is 0 Å². The summed E-state index contributed by atoms with van der Waals surface area (Å²) < 4.78 is 30.1. The number of thioether (sulfide) groups is 2. The van der Waals surface area contributed by atoms with Crippen molar-refractivity contribution in [2.45, 2.75) is 31.2 Å². The van der Waals surface area contributed by atoms with Gasteiger partial charge in [0.05, 0.1) is 28.1 Å². The van der Waals surface area contributed by atoms with Crippen LogP contribution >= 0.6 is 47.1 Å². The molecule has 46 heavy (non-hydrogen) atoms. The molecule has 0 unspecified atom stereocenters. The number of benzene rings is 2. The van der Waals surface area contributed by atoms with Gasteiger partial charge in [0.15, 0.2) is 0 Å². The van der Waals surface area contributed by atoms with Crippen LogP contribution in [0.5, 0.6) is 0 Å². The third-order valence-electron chi connectivity index (χ3n) is 7.13. The summed E-state index contributed by atoms with van der Waals surface area (Å²) >= 11 is 8.45. The van der Waals surface area contributed by atoms with Gasteiger partial charge in [0.25, 0.3) is 21.6 Å². The second-order valence-corrected chi connectivity index (χ2v) is 15.6. The molecule has 1 aromatic heterocycles. The van der Waals surface area contributed by atoms with Crippen LogP contribution in [-0.2, 0) is 35.2 Å². The van der Waals surface area contributed by atoms with Gasteiger partial charge < -0.3 is 15.1 Å². The Morgan fingerprint density at radius 1 is 1.02 bits per heavy atom. The smallest absolute Gasteiger partial charge is 0.323 e. The zero-order valence-electron chi connectivity index (χ0n) is 24.4. The number of carbonyl (C=O) groups excluding carboxylic acids is 1. The van der Waals surface area contributed by atoms with Crippen LogP contribution in [0.15, 0.2) is 57.2 Å². The molecule has 2 aliphatic rings. The Balaban J connectivity index is 1.68. The van der Waals surface area contributed by atoms with Crippen molar-refractivity contribution in [2.24, 2.45) is 0 Å². The van der Waals surface area contributed by atoms with Crippen molar-refractivity contribution in [3.8, 4) is 0 Å². The van der Waals surface area contributed by atoms with Gasteiger partial charge in [-0.15, -0.1) is 11.3 Å². The molecular formula is C29H27N3O9S5. The number of aromatic nitrogens is 1. The lowest BCUT2D eigenvalue weighted by Gasteiger charge is -2.22. The molecule has 0 radical (unpaired) electrons. The van der Waals surface area contributed by atoms with Crippen LogP contribution in [0.4, 0.5) is 5.69 Å². The molecule has 17 heteroatoms. The number of carbonyl (C=O) groups is 3. The minimum absolute atomic E-state index is 0.00744. The van der Waals surface area contributed by atoms with Gasteiger partial charge in [0.2, 0.25) is 0 Å². The Hall–Kier alpha value is -3.48. The Labute approximate surface area is 280 Å². The summed E-state index contributed by atoms with van der Waals surface area (Å²) in [7, 11) is -2.57. The molecule has 0 aliphatic carbocycles. The van der Waals surface area contributed by atoms with Crippen LogP contribution in [-0.4, -0.2) is 76.2 Å². The first kappa shape index (κ1) is 33.9. The zero-order valence-corrected chi connectivity index (χ0v) is 28.5. The monoisotopic (exact) mass is 721 g/mol. The van der Waals surface area contributed by atoms with Crippen LogP contribution in [0.2, 0.25) is 0 Å². The highest BCUT2D eigenvalue weighted by molar-refractivity contribution is 8.30. The number of thiocarbonyl (C=S) groups is 1. The molecule has 0 spiro atoms. The highest BCUT2D eigenvalue weighted by Crippen LogP contribution is 2.50. The molecule has 5 rings (SSSR count). The molecule has 0 bridgehead atoms. The van der Waals surface area contributed by atoms with Crippen molar-refractivity contribution >= 4 is 106 Å². The van der Waals surface area contributed by atoms with Gasteiger partial charge in [-0.25, -0.2) is 0 Å². The van der Waals surface area contributed by atoms with E-state index in [1.807, 2.05) is 54.3 Å².